The minimum absolute atomic E-state index is 0.137. The van der Waals surface area contributed by atoms with Gasteiger partial charge in [-0.1, -0.05) is 0 Å². The van der Waals surface area contributed by atoms with Crippen molar-refractivity contribution in [1.82, 2.24) is 24.8 Å². The lowest BCUT2D eigenvalue weighted by atomic mass is 9.93. The first-order chi connectivity index (χ1) is 14.8. The van der Waals surface area contributed by atoms with Crippen LogP contribution in [0.5, 0.6) is 0 Å². The predicted molar refractivity (Wildman–Crippen MR) is 112 cm³/mol. The van der Waals surface area contributed by atoms with Crippen LogP contribution in [0.15, 0.2) is 49.1 Å². The van der Waals surface area contributed by atoms with Gasteiger partial charge in [0.15, 0.2) is 0 Å². The summed E-state index contributed by atoms with van der Waals surface area (Å²) >= 11 is 0. The molecule has 4 heterocycles. The normalized spacial score (nSPS) is 19.9. The average Bonchev–Trinajstić information content (AvgIpc) is 2.76. The Morgan fingerprint density at radius 1 is 1.06 bits per heavy atom. The van der Waals surface area contributed by atoms with E-state index >= 15 is 0 Å². The number of nitrogens with zero attached hydrogens (tertiary/aromatic N) is 5. The van der Waals surface area contributed by atoms with Crippen LogP contribution in [0, 0.1) is 0 Å². The van der Waals surface area contributed by atoms with Crippen molar-refractivity contribution in [1.29, 1.82) is 0 Å². The van der Waals surface area contributed by atoms with Gasteiger partial charge in [-0.05, 0) is 45.0 Å². The zero-order chi connectivity index (χ0) is 22.0. The molecule has 1 saturated heterocycles. The quantitative estimate of drug-likeness (QED) is 0.638. The van der Waals surface area contributed by atoms with Crippen molar-refractivity contribution in [2.45, 2.75) is 37.9 Å². The van der Waals surface area contributed by atoms with Crippen molar-refractivity contribution in [2.24, 2.45) is 0 Å². The van der Waals surface area contributed by atoms with Crippen LogP contribution in [-0.2, 0) is 6.18 Å². The van der Waals surface area contributed by atoms with E-state index in [4.69, 9.17) is 4.98 Å². The minimum Gasteiger partial charge on any atom is -0.339 e. The summed E-state index contributed by atoms with van der Waals surface area (Å²) in [5.41, 5.74) is 0.879. The molecule has 0 bridgehead atoms. The number of halogens is 3. The fourth-order valence-electron chi connectivity index (χ4n) is 3.68. The van der Waals surface area contributed by atoms with E-state index in [1.54, 1.807) is 18.5 Å². The van der Waals surface area contributed by atoms with Crippen molar-refractivity contribution in [3.8, 4) is 11.3 Å². The molecule has 0 aliphatic carbocycles. The molecule has 0 amide bonds. The number of pyridine rings is 2. The number of aromatic nitrogens is 4. The van der Waals surface area contributed by atoms with Crippen LogP contribution < -0.4 is 5.32 Å². The molecule has 1 fully saturated rings. The summed E-state index contributed by atoms with van der Waals surface area (Å²) in [4.78, 5) is 19.6. The third-order valence-corrected chi connectivity index (χ3v) is 5.60. The number of hydrogen-bond donors (Lipinski definition) is 1. The van der Waals surface area contributed by atoms with Gasteiger partial charge in [-0.3, -0.25) is 9.97 Å². The van der Waals surface area contributed by atoms with Crippen LogP contribution in [0.1, 0.15) is 37.1 Å². The Morgan fingerprint density at radius 2 is 1.90 bits per heavy atom. The number of nitrogens with one attached hydrogen (secondary N) is 1. The molecule has 1 aliphatic rings. The van der Waals surface area contributed by atoms with Gasteiger partial charge in [0.05, 0.1) is 23.1 Å². The van der Waals surface area contributed by atoms with Crippen molar-refractivity contribution < 1.29 is 13.2 Å². The SMILES string of the molecule is C[C@H]1CC[C@@H](c2nc(Nc3cncc(C(F)(F)F)c3)cc(-c3cccnc3)n2)CN1C. The second kappa shape index (κ2) is 8.58. The number of likely N-dealkylation sites (tertiary alicyclic amines) is 1. The Kier molecular flexibility index (Phi) is 5.86. The van der Waals surface area contributed by atoms with Crippen LogP contribution in [0.25, 0.3) is 11.3 Å². The Labute approximate surface area is 178 Å². The number of likely N-dealkylation sites (N-methyl/N-ethyl adjacent to an activating group) is 1. The lowest BCUT2D eigenvalue weighted by molar-refractivity contribution is -0.137. The lowest BCUT2D eigenvalue weighted by Gasteiger charge is -2.34. The second-order valence-corrected chi connectivity index (χ2v) is 7.89. The largest absolute Gasteiger partial charge is 0.417 e. The molecule has 9 heteroatoms. The molecule has 4 rings (SSSR count). The zero-order valence-electron chi connectivity index (χ0n) is 17.3. The minimum atomic E-state index is -4.47. The molecule has 1 N–H and O–H groups in total. The highest BCUT2D eigenvalue weighted by Gasteiger charge is 2.31. The Balaban J connectivity index is 1.70. The van der Waals surface area contributed by atoms with Crippen LogP contribution >= 0.6 is 0 Å². The van der Waals surface area contributed by atoms with Gasteiger partial charge in [0.1, 0.15) is 11.6 Å². The van der Waals surface area contributed by atoms with E-state index in [9.17, 15) is 13.2 Å². The van der Waals surface area contributed by atoms with Crippen LogP contribution in [0.4, 0.5) is 24.7 Å². The fourth-order valence-corrected chi connectivity index (χ4v) is 3.68. The standard InChI is InChI=1S/C22H23F3N6/c1-14-5-6-16(13-31(14)2)21-29-19(15-4-3-7-26-10-15)9-20(30-21)28-18-8-17(11-27-12-18)22(23,24)25/h3-4,7-12,14,16H,5-6,13H2,1-2H3,(H,28,29,30)/t14-,16+/m0/s1. The van der Waals surface area contributed by atoms with Gasteiger partial charge in [0.2, 0.25) is 0 Å². The molecule has 0 radical (unpaired) electrons. The molecule has 162 valence electrons. The number of hydrogen-bond acceptors (Lipinski definition) is 6. The average molecular weight is 428 g/mol. The van der Waals surface area contributed by atoms with Gasteiger partial charge in [-0.2, -0.15) is 13.2 Å². The van der Waals surface area contributed by atoms with Crippen LogP contribution in [0.3, 0.4) is 0 Å². The molecule has 31 heavy (non-hydrogen) atoms. The van der Waals surface area contributed by atoms with Crippen LogP contribution in [-0.4, -0.2) is 44.5 Å². The van der Waals surface area contributed by atoms with Gasteiger partial charge in [-0.15, -0.1) is 0 Å². The highest BCUT2D eigenvalue weighted by atomic mass is 19.4. The molecule has 3 aromatic rings. The molecule has 0 aromatic carbocycles. The van der Waals surface area contributed by atoms with Crippen molar-refractivity contribution in [3.63, 3.8) is 0 Å². The lowest BCUT2D eigenvalue weighted by Crippen LogP contribution is -2.38. The van der Waals surface area contributed by atoms with Gasteiger partial charge < -0.3 is 10.2 Å². The number of rotatable bonds is 4. The van der Waals surface area contributed by atoms with E-state index in [-0.39, 0.29) is 11.6 Å². The first kappa shape index (κ1) is 21.2. The van der Waals surface area contributed by atoms with Gasteiger partial charge >= 0.3 is 6.18 Å². The molecular weight excluding hydrogens is 405 g/mol. The summed E-state index contributed by atoms with van der Waals surface area (Å²) in [6.45, 7) is 3.01. The summed E-state index contributed by atoms with van der Waals surface area (Å²) in [6.07, 6.45) is 3.04. The molecule has 0 saturated carbocycles. The summed E-state index contributed by atoms with van der Waals surface area (Å²) < 4.78 is 39.2. The Hall–Kier alpha value is -3.07. The van der Waals surface area contributed by atoms with Gasteiger partial charge in [0.25, 0.3) is 0 Å². The third kappa shape index (κ3) is 4.99. The highest BCUT2D eigenvalue weighted by Crippen LogP contribution is 2.32. The van der Waals surface area contributed by atoms with Crippen LogP contribution in [0.2, 0.25) is 0 Å². The van der Waals surface area contributed by atoms with Crippen molar-refractivity contribution in [2.75, 3.05) is 18.9 Å². The maximum absolute atomic E-state index is 13.1. The molecule has 6 nitrogen and oxygen atoms in total. The maximum Gasteiger partial charge on any atom is 0.417 e. The number of anilines is 2. The van der Waals surface area contributed by atoms with E-state index in [1.165, 1.54) is 6.20 Å². The summed E-state index contributed by atoms with van der Waals surface area (Å²) in [5.74, 6) is 1.23. The molecule has 0 unspecified atom stereocenters. The number of alkyl halides is 3. The fraction of sp³-hybridized carbons (Fsp3) is 0.364. The maximum atomic E-state index is 13.1. The molecular formula is C22H23F3N6. The molecule has 1 aliphatic heterocycles. The Bertz CT molecular complexity index is 1040. The van der Waals surface area contributed by atoms with E-state index < -0.39 is 11.7 Å². The van der Waals surface area contributed by atoms with E-state index in [1.807, 2.05) is 12.1 Å². The molecule has 3 aromatic heterocycles. The molecule has 0 spiro atoms. The molecule has 2 atom stereocenters. The van der Waals surface area contributed by atoms with E-state index in [2.05, 4.69) is 39.1 Å². The topological polar surface area (TPSA) is 66.8 Å². The summed E-state index contributed by atoms with van der Waals surface area (Å²) in [6, 6.07) is 6.94. The predicted octanol–water partition coefficient (Wildman–Crippen LogP) is 4.89. The second-order valence-electron chi connectivity index (χ2n) is 7.89. The smallest absolute Gasteiger partial charge is 0.339 e. The van der Waals surface area contributed by atoms with Crippen molar-refractivity contribution >= 4 is 11.5 Å². The Morgan fingerprint density at radius 3 is 2.61 bits per heavy atom. The third-order valence-electron chi connectivity index (χ3n) is 5.60. The summed E-state index contributed by atoms with van der Waals surface area (Å²) in [7, 11) is 2.08. The first-order valence-corrected chi connectivity index (χ1v) is 10.1. The van der Waals surface area contributed by atoms with Gasteiger partial charge in [0, 0.05) is 48.7 Å². The summed E-state index contributed by atoms with van der Waals surface area (Å²) in [5, 5.41) is 2.98. The first-order valence-electron chi connectivity index (χ1n) is 10.1. The van der Waals surface area contributed by atoms with Crippen molar-refractivity contribution in [3.05, 3.63) is 60.4 Å². The number of piperidine rings is 1. The highest BCUT2D eigenvalue weighted by molar-refractivity contribution is 5.65. The zero-order valence-corrected chi connectivity index (χ0v) is 17.3. The van der Waals surface area contributed by atoms with E-state index in [0.29, 0.717) is 23.4 Å². The monoisotopic (exact) mass is 428 g/mol. The van der Waals surface area contributed by atoms with E-state index in [0.717, 1.165) is 37.2 Å². The van der Waals surface area contributed by atoms with Gasteiger partial charge in [-0.25, -0.2) is 9.97 Å².